The van der Waals surface area contributed by atoms with Crippen LogP contribution in [0.25, 0.3) is 10.2 Å². The number of amides is 2. The molecule has 2 aromatic heterocycles. The molecule has 35 heavy (non-hydrogen) atoms. The quantitative estimate of drug-likeness (QED) is 0.414. The van der Waals surface area contributed by atoms with Gasteiger partial charge < -0.3 is 10.2 Å². The van der Waals surface area contributed by atoms with E-state index in [1.54, 1.807) is 11.8 Å². The lowest BCUT2D eigenvalue weighted by Gasteiger charge is -2.22. The maximum Gasteiger partial charge on any atom is 0.266 e. The average molecular weight is 489 g/mol. The minimum absolute atomic E-state index is 0.136. The van der Waals surface area contributed by atoms with Gasteiger partial charge in [-0.3, -0.25) is 19.0 Å². The molecule has 180 valence electrons. The number of carbonyl (C=O) groups is 2. The Balaban J connectivity index is 1.63. The lowest BCUT2D eigenvalue weighted by Crippen LogP contribution is -2.36. The molecule has 7 nitrogen and oxygen atoms in total. The van der Waals surface area contributed by atoms with Crippen molar-refractivity contribution in [2.45, 2.75) is 41.2 Å². The van der Waals surface area contributed by atoms with Gasteiger partial charge in [-0.05, 0) is 69.5 Å². The molecule has 0 aliphatic carbocycles. The van der Waals surface area contributed by atoms with E-state index in [4.69, 9.17) is 0 Å². The van der Waals surface area contributed by atoms with Crippen LogP contribution in [0.3, 0.4) is 0 Å². The van der Waals surface area contributed by atoms with Gasteiger partial charge in [-0.1, -0.05) is 29.8 Å². The van der Waals surface area contributed by atoms with Gasteiger partial charge in [0.1, 0.15) is 11.4 Å². The fraction of sp³-hybridized carbons (Fsp3) is 0.259. The van der Waals surface area contributed by atoms with Crippen molar-refractivity contribution < 1.29 is 9.59 Å². The average Bonchev–Trinajstić information content (AvgIpc) is 3.15. The predicted octanol–water partition coefficient (Wildman–Crippen LogP) is 5.00. The Hall–Kier alpha value is -3.78. The van der Waals surface area contributed by atoms with Crippen LogP contribution in [-0.2, 0) is 11.3 Å². The Labute approximate surface area is 208 Å². The molecule has 2 heterocycles. The zero-order valence-corrected chi connectivity index (χ0v) is 21.3. The van der Waals surface area contributed by atoms with Crippen molar-refractivity contribution in [3.05, 3.63) is 86.3 Å². The Morgan fingerprint density at radius 1 is 1.06 bits per heavy atom. The fourth-order valence-corrected chi connectivity index (χ4v) is 5.19. The number of rotatable bonds is 6. The van der Waals surface area contributed by atoms with Crippen molar-refractivity contribution in [3.63, 3.8) is 0 Å². The third kappa shape index (κ3) is 4.88. The standard InChI is InChI=1S/C27H28N4O3S/c1-6-31(20-9-7-8-16(2)13-20)22(32)14-30-15-28-26-23(27(30)34)19(5)24(35-26)25(33)29-21-11-10-17(3)12-18(21)4/h7-13,15H,6,14H2,1-5H3,(H,29,33). The van der Waals surface area contributed by atoms with E-state index in [2.05, 4.69) is 10.3 Å². The number of fused-ring (bicyclic) bond motifs is 1. The van der Waals surface area contributed by atoms with E-state index in [9.17, 15) is 14.4 Å². The molecule has 0 saturated heterocycles. The van der Waals surface area contributed by atoms with Crippen LogP contribution in [-0.4, -0.2) is 27.9 Å². The van der Waals surface area contributed by atoms with Crippen LogP contribution in [0.4, 0.5) is 11.4 Å². The number of aryl methyl sites for hydroxylation is 4. The first-order valence-corrected chi connectivity index (χ1v) is 12.3. The number of nitrogens with one attached hydrogen (secondary N) is 1. The number of thiophene rings is 1. The summed E-state index contributed by atoms with van der Waals surface area (Å²) in [4.78, 5) is 46.4. The zero-order valence-electron chi connectivity index (χ0n) is 20.5. The minimum atomic E-state index is -0.331. The first kappa shape index (κ1) is 24.3. The summed E-state index contributed by atoms with van der Waals surface area (Å²) in [5.74, 6) is -0.488. The van der Waals surface area contributed by atoms with Crippen molar-refractivity contribution in [3.8, 4) is 0 Å². The molecule has 8 heteroatoms. The summed E-state index contributed by atoms with van der Waals surface area (Å²) in [7, 11) is 0. The Bertz CT molecular complexity index is 1500. The number of carbonyl (C=O) groups excluding carboxylic acids is 2. The summed E-state index contributed by atoms with van der Waals surface area (Å²) >= 11 is 1.18. The zero-order chi connectivity index (χ0) is 25.3. The first-order valence-electron chi connectivity index (χ1n) is 11.4. The third-order valence-corrected chi connectivity index (χ3v) is 7.19. The second kappa shape index (κ2) is 9.84. The summed E-state index contributed by atoms with van der Waals surface area (Å²) < 4.78 is 1.31. The van der Waals surface area contributed by atoms with Gasteiger partial charge in [0.15, 0.2) is 0 Å². The lowest BCUT2D eigenvalue weighted by molar-refractivity contribution is -0.119. The number of aromatic nitrogens is 2. The molecule has 1 N–H and O–H groups in total. The molecule has 2 aromatic carbocycles. The van der Waals surface area contributed by atoms with Crippen LogP contribution in [0.1, 0.15) is 38.8 Å². The van der Waals surface area contributed by atoms with Gasteiger partial charge >= 0.3 is 0 Å². The molecule has 0 aliphatic heterocycles. The lowest BCUT2D eigenvalue weighted by atomic mass is 10.1. The highest BCUT2D eigenvalue weighted by Gasteiger charge is 2.22. The number of hydrogen-bond acceptors (Lipinski definition) is 5. The normalized spacial score (nSPS) is 11.0. The van der Waals surface area contributed by atoms with E-state index in [0.29, 0.717) is 27.2 Å². The van der Waals surface area contributed by atoms with E-state index in [0.717, 1.165) is 28.1 Å². The van der Waals surface area contributed by atoms with E-state index >= 15 is 0 Å². The highest BCUT2D eigenvalue weighted by molar-refractivity contribution is 7.20. The van der Waals surface area contributed by atoms with Gasteiger partial charge in [-0.2, -0.15) is 0 Å². The summed E-state index contributed by atoms with van der Waals surface area (Å²) in [6.45, 7) is 9.89. The van der Waals surface area contributed by atoms with Crippen molar-refractivity contribution in [2.24, 2.45) is 0 Å². The van der Waals surface area contributed by atoms with Crippen molar-refractivity contribution >= 4 is 44.7 Å². The smallest absolute Gasteiger partial charge is 0.266 e. The largest absolute Gasteiger partial charge is 0.321 e. The van der Waals surface area contributed by atoms with Crippen molar-refractivity contribution in [1.82, 2.24) is 9.55 Å². The Morgan fingerprint density at radius 2 is 1.80 bits per heavy atom. The van der Waals surface area contributed by atoms with Gasteiger partial charge in [0.2, 0.25) is 5.91 Å². The molecular weight excluding hydrogens is 460 g/mol. The molecule has 0 atom stereocenters. The highest BCUT2D eigenvalue weighted by Crippen LogP contribution is 2.28. The maximum atomic E-state index is 13.3. The molecule has 4 aromatic rings. The van der Waals surface area contributed by atoms with E-state index in [1.807, 2.05) is 70.2 Å². The second-order valence-electron chi connectivity index (χ2n) is 8.66. The number of hydrogen-bond donors (Lipinski definition) is 1. The van der Waals surface area contributed by atoms with E-state index in [-0.39, 0.29) is 23.9 Å². The fourth-order valence-electron chi connectivity index (χ4n) is 4.15. The second-order valence-corrected chi connectivity index (χ2v) is 9.66. The highest BCUT2D eigenvalue weighted by atomic mass is 32.1. The van der Waals surface area contributed by atoms with Gasteiger partial charge in [-0.25, -0.2) is 4.98 Å². The number of likely N-dealkylation sites (N-methyl/N-ethyl adjacent to an activating group) is 1. The number of benzene rings is 2. The van der Waals surface area contributed by atoms with Gasteiger partial charge in [0.05, 0.1) is 16.6 Å². The Kier molecular flexibility index (Phi) is 6.84. The van der Waals surface area contributed by atoms with Crippen LogP contribution in [0, 0.1) is 27.7 Å². The molecule has 0 aliphatic rings. The molecule has 0 radical (unpaired) electrons. The molecule has 0 saturated carbocycles. The molecular formula is C27H28N4O3S. The molecule has 4 rings (SSSR count). The van der Waals surface area contributed by atoms with Gasteiger partial charge in [-0.15, -0.1) is 11.3 Å². The van der Waals surface area contributed by atoms with Crippen LogP contribution < -0.4 is 15.8 Å². The molecule has 0 unspecified atom stereocenters. The summed E-state index contributed by atoms with van der Waals surface area (Å²) in [6, 6.07) is 13.5. The Morgan fingerprint density at radius 3 is 2.49 bits per heavy atom. The maximum absolute atomic E-state index is 13.3. The molecule has 0 fully saturated rings. The summed E-state index contributed by atoms with van der Waals surface area (Å²) in [5.41, 5.74) is 4.88. The van der Waals surface area contributed by atoms with E-state index in [1.165, 1.54) is 22.2 Å². The number of nitrogens with zero attached hydrogens (tertiary/aromatic N) is 3. The van der Waals surface area contributed by atoms with Crippen LogP contribution in [0.2, 0.25) is 0 Å². The topological polar surface area (TPSA) is 84.3 Å². The first-order chi connectivity index (χ1) is 16.7. The van der Waals surface area contributed by atoms with Crippen LogP contribution in [0.5, 0.6) is 0 Å². The van der Waals surface area contributed by atoms with E-state index < -0.39 is 0 Å². The minimum Gasteiger partial charge on any atom is -0.321 e. The van der Waals surface area contributed by atoms with Crippen molar-refractivity contribution in [2.75, 3.05) is 16.8 Å². The molecule has 2 amide bonds. The number of anilines is 2. The molecule has 0 bridgehead atoms. The SMILES string of the molecule is CCN(C(=O)Cn1cnc2sc(C(=O)Nc3ccc(C)cc3C)c(C)c2c1=O)c1cccc(C)c1. The monoisotopic (exact) mass is 488 g/mol. The van der Waals surface area contributed by atoms with Crippen molar-refractivity contribution in [1.29, 1.82) is 0 Å². The third-order valence-electron chi connectivity index (χ3n) is 5.99. The predicted molar refractivity (Wildman–Crippen MR) is 142 cm³/mol. The van der Waals surface area contributed by atoms with Crippen LogP contribution >= 0.6 is 11.3 Å². The van der Waals surface area contributed by atoms with Gasteiger partial charge in [0.25, 0.3) is 11.5 Å². The molecule has 0 spiro atoms. The van der Waals surface area contributed by atoms with Crippen LogP contribution in [0.15, 0.2) is 53.6 Å². The van der Waals surface area contributed by atoms with Gasteiger partial charge in [0, 0.05) is 17.9 Å². The summed E-state index contributed by atoms with van der Waals surface area (Å²) in [5, 5.41) is 3.31. The summed E-state index contributed by atoms with van der Waals surface area (Å²) in [6.07, 6.45) is 1.38.